The van der Waals surface area contributed by atoms with Gasteiger partial charge in [0.15, 0.2) is 0 Å². The lowest BCUT2D eigenvalue weighted by Gasteiger charge is -2.17. The smallest absolute Gasteiger partial charge is 0.333 e. The van der Waals surface area contributed by atoms with Gasteiger partial charge in [0.2, 0.25) is 11.8 Å². The number of nitrogens with zero attached hydrogens (tertiary/aromatic N) is 1. The molecule has 0 aromatic rings. The Morgan fingerprint density at radius 3 is 2.35 bits per heavy atom. The number of esters is 1. The average Bonchev–Trinajstić information content (AvgIpc) is 3.07. The predicted molar refractivity (Wildman–Crippen MR) is 70.2 cm³/mol. The minimum atomic E-state index is -0.494. The number of ether oxygens (including phenoxy) is 1. The molecule has 2 bridgehead atoms. The zero-order valence-corrected chi connectivity index (χ0v) is 11.4. The van der Waals surface area contributed by atoms with Gasteiger partial charge in [0.05, 0.1) is 18.4 Å². The van der Waals surface area contributed by atoms with Gasteiger partial charge in [-0.1, -0.05) is 18.7 Å². The summed E-state index contributed by atoms with van der Waals surface area (Å²) in [5.41, 5.74) is 0.309. The maximum Gasteiger partial charge on any atom is 0.333 e. The van der Waals surface area contributed by atoms with E-state index >= 15 is 0 Å². The molecule has 4 atom stereocenters. The number of allylic oxidation sites excluding steroid dienone is 2. The van der Waals surface area contributed by atoms with Crippen LogP contribution >= 0.6 is 0 Å². The number of carbonyl (C=O) groups excluding carboxylic acids is 3. The molecule has 5 nitrogen and oxygen atoms in total. The van der Waals surface area contributed by atoms with Crippen LogP contribution in [0.2, 0.25) is 0 Å². The Bertz CT molecular complexity index is 506. The number of hydrogen-bond donors (Lipinski definition) is 0. The number of carbonyl (C=O) groups is 3. The Labute approximate surface area is 117 Å². The lowest BCUT2D eigenvalue weighted by molar-refractivity contribution is -0.146. The lowest BCUT2D eigenvalue weighted by atomic mass is 9.85. The summed E-state index contributed by atoms with van der Waals surface area (Å²) in [7, 11) is 0. The first kappa shape index (κ1) is 13.1. The highest BCUT2D eigenvalue weighted by molar-refractivity contribution is 6.06. The summed E-state index contributed by atoms with van der Waals surface area (Å²) in [6.07, 6.45) is 5.04. The third-order valence-corrected chi connectivity index (χ3v) is 4.46. The molecular weight excluding hydrogens is 258 g/mol. The van der Waals surface area contributed by atoms with Crippen LogP contribution < -0.4 is 0 Å². The van der Waals surface area contributed by atoms with Crippen molar-refractivity contribution >= 4 is 17.8 Å². The van der Waals surface area contributed by atoms with Crippen molar-refractivity contribution in [2.75, 3.05) is 13.2 Å². The summed E-state index contributed by atoms with van der Waals surface area (Å²) in [5.74, 6) is -0.657. The van der Waals surface area contributed by atoms with Crippen molar-refractivity contribution < 1.29 is 19.1 Å². The highest BCUT2D eigenvalue weighted by atomic mass is 16.5. The van der Waals surface area contributed by atoms with Crippen molar-refractivity contribution in [2.24, 2.45) is 23.7 Å². The van der Waals surface area contributed by atoms with Crippen LogP contribution in [0.15, 0.2) is 24.3 Å². The SMILES string of the molecule is C=C(C)C(=O)OCCN1C(=O)[C@@H]2[C@H](C1=O)[C@H]1C=C[C@@H]2C1. The summed E-state index contributed by atoms with van der Waals surface area (Å²) in [5, 5.41) is 0. The highest BCUT2D eigenvalue weighted by Gasteiger charge is 2.58. The van der Waals surface area contributed by atoms with Crippen molar-refractivity contribution in [1.82, 2.24) is 4.90 Å². The standard InChI is InChI=1S/C15H17NO4/c1-8(2)15(19)20-6-5-16-13(17)11-9-3-4-10(7-9)12(11)14(16)18/h3-4,9-12H,1,5-7H2,2H3/t9-,10+,11+,12-. The van der Waals surface area contributed by atoms with Crippen molar-refractivity contribution in [3.8, 4) is 0 Å². The number of rotatable bonds is 4. The molecule has 1 aliphatic heterocycles. The average molecular weight is 275 g/mol. The molecular formula is C15H17NO4. The van der Waals surface area contributed by atoms with Gasteiger partial charge in [-0.2, -0.15) is 0 Å². The van der Waals surface area contributed by atoms with Crippen molar-refractivity contribution in [2.45, 2.75) is 13.3 Å². The predicted octanol–water partition coefficient (Wildman–Crippen LogP) is 0.913. The number of hydrogen-bond acceptors (Lipinski definition) is 4. The quantitative estimate of drug-likeness (QED) is 0.331. The molecule has 0 unspecified atom stereocenters. The Hall–Kier alpha value is -1.91. The first-order valence-electron chi connectivity index (χ1n) is 6.87. The number of fused-ring (bicyclic) bond motifs is 5. The molecule has 0 aromatic carbocycles. The largest absolute Gasteiger partial charge is 0.460 e. The van der Waals surface area contributed by atoms with Gasteiger partial charge in [-0.05, 0) is 25.2 Å². The maximum absolute atomic E-state index is 12.3. The van der Waals surface area contributed by atoms with Gasteiger partial charge < -0.3 is 4.74 Å². The number of likely N-dealkylation sites (tertiary alicyclic amines) is 1. The molecule has 1 heterocycles. The number of imide groups is 1. The van der Waals surface area contributed by atoms with E-state index < -0.39 is 5.97 Å². The van der Waals surface area contributed by atoms with Crippen molar-refractivity contribution in [3.63, 3.8) is 0 Å². The Morgan fingerprint density at radius 2 is 1.85 bits per heavy atom. The fourth-order valence-corrected chi connectivity index (χ4v) is 3.54. The first-order valence-corrected chi connectivity index (χ1v) is 6.87. The van der Waals surface area contributed by atoms with E-state index in [4.69, 9.17) is 4.74 Å². The van der Waals surface area contributed by atoms with Crippen LogP contribution in [0.4, 0.5) is 0 Å². The molecule has 1 saturated heterocycles. The van der Waals surface area contributed by atoms with E-state index in [0.717, 1.165) is 6.42 Å². The molecule has 1 saturated carbocycles. The van der Waals surface area contributed by atoms with E-state index in [1.807, 2.05) is 0 Å². The van der Waals surface area contributed by atoms with Gasteiger partial charge >= 0.3 is 5.97 Å². The molecule has 0 radical (unpaired) electrons. The summed E-state index contributed by atoms with van der Waals surface area (Å²) in [6.45, 7) is 5.21. The van der Waals surface area contributed by atoms with Crippen LogP contribution in [0.3, 0.4) is 0 Å². The molecule has 3 rings (SSSR count). The first-order chi connectivity index (χ1) is 9.50. The molecule has 5 heteroatoms. The monoisotopic (exact) mass is 275 g/mol. The van der Waals surface area contributed by atoms with Crippen LogP contribution in [-0.2, 0) is 19.1 Å². The van der Waals surface area contributed by atoms with Gasteiger partial charge in [0.25, 0.3) is 0 Å². The minimum absolute atomic E-state index is 0.0331. The molecule has 0 spiro atoms. The Morgan fingerprint density at radius 1 is 1.30 bits per heavy atom. The van der Waals surface area contributed by atoms with Crippen LogP contribution in [0.5, 0.6) is 0 Å². The Balaban J connectivity index is 1.62. The number of amides is 2. The molecule has 3 aliphatic rings. The molecule has 20 heavy (non-hydrogen) atoms. The third-order valence-electron chi connectivity index (χ3n) is 4.46. The second-order valence-corrected chi connectivity index (χ2v) is 5.74. The highest BCUT2D eigenvalue weighted by Crippen LogP contribution is 2.52. The molecule has 106 valence electrons. The van der Waals surface area contributed by atoms with E-state index in [9.17, 15) is 14.4 Å². The third kappa shape index (κ3) is 1.80. The van der Waals surface area contributed by atoms with Crippen molar-refractivity contribution in [3.05, 3.63) is 24.3 Å². The van der Waals surface area contributed by atoms with Gasteiger partial charge in [-0.3, -0.25) is 14.5 Å². The Kier molecular flexibility index (Phi) is 3.00. The summed E-state index contributed by atoms with van der Waals surface area (Å²) in [4.78, 5) is 37.1. The zero-order valence-electron chi connectivity index (χ0n) is 11.4. The van der Waals surface area contributed by atoms with Crippen LogP contribution in [-0.4, -0.2) is 35.8 Å². The van der Waals surface area contributed by atoms with Crippen LogP contribution in [0, 0.1) is 23.7 Å². The molecule has 0 aromatic heterocycles. The molecule has 0 N–H and O–H groups in total. The van der Waals surface area contributed by atoms with E-state index in [-0.39, 0.29) is 48.6 Å². The molecule has 2 aliphatic carbocycles. The van der Waals surface area contributed by atoms with Gasteiger partial charge in [0.1, 0.15) is 6.61 Å². The van der Waals surface area contributed by atoms with Crippen molar-refractivity contribution in [1.29, 1.82) is 0 Å². The summed E-state index contributed by atoms with van der Waals surface area (Å²) >= 11 is 0. The minimum Gasteiger partial charge on any atom is -0.460 e. The second-order valence-electron chi connectivity index (χ2n) is 5.74. The van der Waals surface area contributed by atoms with Gasteiger partial charge in [0, 0.05) is 5.57 Å². The summed E-state index contributed by atoms with van der Waals surface area (Å²) in [6, 6.07) is 0. The van der Waals surface area contributed by atoms with Gasteiger partial charge in [-0.25, -0.2) is 4.79 Å². The second kappa shape index (κ2) is 4.58. The fraction of sp³-hybridized carbons (Fsp3) is 0.533. The summed E-state index contributed by atoms with van der Waals surface area (Å²) < 4.78 is 4.95. The normalized spacial score (nSPS) is 33.8. The van der Waals surface area contributed by atoms with E-state index in [2.05, 4.69) is 18.7 Å². The topological polar surface area (TPSA) is 63.7 Å². The molecule has 2 fully saturated rings. The molecule has 2 amide bonds. The van der Waals surface area contributed by atoms with Crippen LogP contribution in [0.1, 0.15) is 13.3 Å². The fourth-order valence-electron chi connectivity index (χ4n) is 3.54. The van der Waals surface area contributed by atoms with E-state index in [1.54, 1.807) is 6.92 Å². The van der Waals surface area contributed by atoms with E-state index in [1.165, 1.54) is 4.90 Å². The lowest BCUT2D eigenvalue weighted by Crippen LogP contribution is -2.36. The van der Waals surface area contributed by atoms with E-state index in [0.29, 0.717) is 5.57 Å². The van der Waals surface area contributed by atoms with Crippen LogP contribution in [0.25, 0.3) is 0 Å². The van der Waals surface area contributed by atoms with Gasteiger partial charge in [-0.15, -0.1) is 0 Å². The zero-order chi connectivity index (χ0) is 14.4. The maximum atomic E-state index is 12.3.